The number of carbonyl (C=O) groups is 2. The number of rotatable bonds is 8. The zero-order valence-corrected chi connectivity index (χ0v) is 21.6. The summed E-state index contributed by atoms with van der Waals surface area (Å²) in [6.07, 6.45) is 0. The van der Waals surface area contributed by atoms with Gasteiger partial charge in [-0.15, -0.1) is 0 Å². The van der Waals surface area contributed by atoms with Crippen LogP contribution >= 0.6 is 23.2 Å². The molecule has 0 aromatic heterocycles. The van der Waals surface area contributed by atoms with Crippen molar-refractivity contribution in [1.29, 1.82) is 0 Å². The average Bonchev–Trinajstić information content (AvgIpc) is 2.92. The van der Waals surface area contributed by atoms with E-state index in [0.717, 1.165) is 16.7 Å². The Morgan fingerprint density at radius 3 is 1.78 bits per heavy atom. The lowest BCUT2D eigenvalue weighted by Crippen LogP contribution is -2.23. The first-order chi connectivity index (χ1) is 17.9. The number of carbonyl (C=O) groups excluding carboxylic acids is 2. The van der Waals surface area contributed by atoms with Gasteiger partial charge in [-0.25, -0.2) is 4.79 Å². The van der Waals surface area contributed by atoms with Gasteiger partial charge in [0.1, 0.15) is 22.8 Å². The van der Waals surface area contributed by atoms with E-state index in [2.05, 4.69) is 5.32 Å². The van der Waals surface area contributed by atoms with Crippen LogP contribution < -0.4 is 19.5 Å². The number of methoxy groups -OCH3 is 2. The van der Waals surface area contributed by atoms with Crippen molar-refractivity contribution in [2.45, 2.75) is 6.54 Å². The number of nitrogens with one attached hydrogen (secondary N) is 1. The van der Waals surface area contributed by atoms with Crippen LogP contribution in [0.1, 0.15) is 26.3 Å². The van der Waals surface area contributed by atoms with Crippen molar-refractivity contribution in [2.24, 2.45) is 0 Å². The topological polar surface area (TPSA) is 73.9 Å². The molecule has 1 amide bonds. The maximum atomic E-state index is 12.6. The SMILES string of the molecule is COc1ccc(Cl)cc1C(=O)NCc1ccc(-c2ccc(OC(=O)c3cc(Cl)ccc3OC)cc2)cc1. The van der Waals surface area contributed by atoms with Gasteiger partial charge in [-0.2, -0.15) is 0 Å². The molecule has 0 radical (unpaired) electrons. The zero-order valence-electron chi connectivity index (χ0n) is 20.1. The van der Waals surface area contributed by atoms with E-state index >= 15 is 0 Å². The van der Waals surface area contributed by atoms with Crippen LogP contribution in [0.5, 0.6) is 17.2 Å². The number of amides is 1. The lowest BCUT2D eigenvalue weighted by atomic mass is 10.0. The van der Waals surface area contributed by atoms with Gasteiger partial charge >= 0.3 is 5.97 Å². The normalized spacial score (nSPS) is 10.5. The summed E-state index contributed by atoms with van der Waals surface area (Å²) in [5.41, 5.74) is 3.47. The summed E-state index contributed by atoms with van der Waals surface area (Å²) in [7, 11) is 2.98. The Kier molecular flexibility index (Phi) is 8.33. The van der Waals surface area contributed by atoms with Crippen LogP contribution in [0.15, 0.2) is 84.9 Å². The fourth-order valence-electron chi connectivity index (χ4n) is 3.67. The van der Waals surface area contributed by atoms with Crippen LogP contribution in [-0.4, -0.2) is 26.1 Å². The van der Waals surface area contributed by atoms with Crippen molar-refractivity contribution in [2.75, 3.05) is 14.2 Å². The van der Waals surface area contributed by atoms with Gasteiger partial charge in [0.2, 0.25) is 0 Å². The van der Waals surface area contributed by atoms with E-state index in [1.54, 1.807) is 42.5 Å². The molecule has 6 nitrogen and oxygen atoms in total. The second-order valence-corrected chi connectivity index (χ2v) is 8.86. The molecule has 4 rings (SSSR count). The molecule has 0 spiro atoms. The van der Waals surface area contributed by atoms with Crippen LogP contribution in [0.2, 0.25) is 10.0 Å². The molecule has 4 aromatic rings. The largest absolute Gasteiger partial charge is 0.496 e. The molecule has 0 atom stereocenters. The number of halogens is 2. The summed E-state index contributed by atoms with van der Waals surface area (Å²) in [6, 6.07) is 24.6. The molecular weight excluding hydrogens is 513 g/mol. The minimum atomic E-state index is -0.561. The molecular formula is C29H23Cl2NO5. The standard InChI is InChI=1S/C29H23Cl2NO5/c1-35-26-13-9-21(30)15-24(26)28(33)32-17-18-3-5-19(6-4-18)20-7-11-23(12-8-20)37-29(34)25-16-22(31)10-14-27(25)36-2/h3-16H,17H2,1-2H3,(H,32,33). The highest BCUT2D eigenvalue weighted by molar-refractivity contribution is 6.31. The van der Waals surface area contributed by atoms with E-state index in [1.165, 1.54) is 20.3 Å². The Labute approximate surface area is 224 Å². The Morgan fingerprint density at radius 2 is 1.22 bits per heavy atom. The Bertz CT molecular complexity index is 1420. The second-order valence-electron chi connectivity index (χ2n) is 7.98. The number of ether oxygens (including phenoxy) is 3. The third kappa shape index (κ3) is 6.42. The summed E-state index contributed by atoms with van der Waals surface area (Å²) in [5, 5.41) is 3.75. The highest BCUT2D eigenvalue weighted by atomic mass is 35.5. The maximum Gasteiger partial charge on any atom is 0.347 e. The van der Waals surface area contributed by atoms with Crippen LogP contribution in [0.4, 0.5) is 0 Å². The molecule has 0 saturated carbocycles. The molecule has 8 heteroatoms. The molecule has 0 fully saturated rings. The van der Waals surface area contributed by atoms with Crippen molar-refractivity contribution < 1.29 is 23.8 Å². The third-order valence-electron chi connectivity index (χ3n) is 5.59. The van der Waals surface area contributed by atoms with E-state index < -0.39 is 5.97 Å². The Balaban J connectivity index is 1.38. The first-order valence-corrected chi connectivity index (χ1v) is 12.0. The zero-order chi connectivity index (χ0) is 26.4. The maximum absolute atomic E-state index is 12.6. The fraction of sp³-hybridized carbons (Fsp3) is 0.103. The predicted molar refractivity (Wildman–Crippen MR) is 144 cm³/mol. The highest BCUT2D eigenvalue weighted by Gasteiger charge is 2.16. The van der Waals surface area contributed by atoms with E-state index in [-0.39, 0.29) is 11.5 Å². The lowest BCUT2D eigenvalue weighted by Gasteiger charge is -2.11. The fourth-order valence-corrected chi connectivity index (χ4v) is 4.01. The molecule has 0 saturated heterocycles. The van der Waals surface area contributed by atoms with Crippen LogP contribution in [-0.2, 0) is 6.54 Å². The van der Waals surface area contributed by atoms with Crippen LogP contribution in [0.3, 0.4) is 0 Å². The van der Waals surface area contributed by atoms with Gasteiger partial charge in [-0.1, -0.05) is 59.6 Å². The predicted octanol–water partition coefficient (Wildman–Crippen LogP) is 6.83. The molecule has 1 N–H and O–H groups in total. The molecule has 0 heterocycles. The number of esters is 1. The third-order valence-corrected chi connectivity index (χ3v) is 6.06. The van der Waals surface area contributed by atoms with Gasteiger partial charge in [0.05, 0.1) is 19.8 Å². The molecule has 0 aliphatic carbocycles. The molecule has 0 unspecified atom stereocenters. The monoisotopic (exact) mass is 535 g/mol. The molecule has 4 aromatic carbocycles. The smallest absolute Gasteiger partial charge is 0.347 e. The van der Waals surface area contributed by atoms with Gasteiger partial charge in [-0.05, 0) is 65.2 Å². The number of hydrogen-bond donors (Lipinski definition) is 1. The van der Waals surface area contributed by atoms with Gasteiger partial charge < -0.3 is 19.5 Å². The summed E-state index contributed by atoms with van der Waals surface area (Å²) in [6.45, 7) is 0.344. The number of hydrogen-bond acceptors (Lipinski definition) is 5. The van der Waals surface area contributed by atoms with E-state index in [4.69, 9.17) is 37.4 Å². The minimum Gasteiger partial charge on any atom is -0.496 e. The summed E-state index contributed by atoms with van der Waals surface area (Å²) in [4.78, 5) is 25.2. The van der Waals surface area contributed by atoms with E-state index in [0.29, 0.717) is 39.4 Å². The molecule has 0 aliphatic heterocycles. The number of benzene rings is 4. The highest BCUT2D eigenvalue weighted by Crippen LogP contribution is 2.27. The Hall–Kier alpha value is -4.00. The van der Waals surface area contributed by atoms with E-state index in [1.807, 2.05) is 36.4 Å². The summed E-state index contributed by atoms with van der Waals surface area (Å²) >= 11 is 12.0. The van der Waals surface area contributed by atoms with Crippen LogP contribution in [0, 0.1) is 0 Å². The van der Waals surface area contributed by atoms with Gasteiger partial charge in [0, 0.05) is 16.6 Å². The summed E-state index contributed by atoms with van der Waals surface area (Å²) < 4.78 is 16.0. The second kappa shape index (κ2) is 11.8. The van der Waals surface area contributed by atoms with Crippen molar-refractivity contribution in [3.05, 3.63) is 112 Å². The van der Waals surface area contributed by atoms with Crippen molar-refractivity contribution in [3.8, 4) is 28.4 Å². The first-order valence-electron chi connectivity index (χ1n) is 11.2. The lowest BCUT2D eigenvalue weighted by molar-refractivity contribution is 0.0731. The van der Waals surface area contributed by atoms with Crippen molar-refractivity contribution >= 4 is 35.1 Å². The molecule has 0 aliphatic rings. The van der Waals surface area contributed by atoms with Gasteiger partial charge in [0.25, 0.3) is 5.91 Å². The first kappa shape index (κ1) is 26.1. The summed E-state index contributed by atoms with van der Waals surface area (Å²) in [5.74, 6) is 0.400. The van der Waals surface area contributed by atoms with Crippen LogP contribution in [0.25, 0.3) is 11.1 Å². The van der Waals surface area contributed by atoms with Crippen molar-refractivity contribution in [1.82, 2.24) is 5.32 Å². The van der Waals surface area contributed by atoms with Gasteiger partial charge in [-0.3, -0.25) is 4.79 Å². The Morgan fingerprint density at radius 1 is 0.703 bits per heavy atom. The average molecular weight is 536 g/mol. The molecule has 188 valence electrons. The van der Waals surface area contributed by atoms with E-state index in [9.17, 15) is 9.59 Å². The minimum absolute atomic E-state index is 0.246. The molecule has 0 bridgehead atoms. The van der Waals surface area contributed by atoms with Crippen molar-refractivity contribution in [3.63, 3.8) is 0 Å². The quantitative estimate of drug-likeness (QED) is 0.198. The molecule has 37 heavy (non-hydrogen) atoms. The van der Waals surface area contributed by atoms with Gasteiger partial charge in [0.15, 0.2) is 0 Å².